The van der Waals surface area contributed by atoms with Gasteiger partial charge in [-0.1, -0.05) is 61.2 Å². The van der Waals surface area contributed by atoms with Crippen molar-refractivity contribution in [2.24, 2.45) is 0 Å². The predicted molar refractivity (Wildman–Crippen MR) is 135 cm³/mol. The van der Waals surface area contributed by atoms with E-state index >= 15 is 0 Å². The minimum atomic E-state index is -5.19. The molecule has 0 aliphatic carbocycles. The number of benzene rings is 2. The third-order valence-electron chi connectivity index (χ3n) is 5.07. The summed E-state index contributed by atoms with van der Waals surface area (Å²) in [5, 5.41) is 34.8. The van der Waals surface area contributed by atoms with Crippen LogP contribution < -0.4 is 20.2 Å². The molecule has 0 atom stereocenters. The number of hydrogen-bond acceptors (Lipinski definition) is 8. The fourth-order valence-corrected chi connectivity index (χ4v) is 3.18. The number of anilines is 2. The fraction of sp³-hybridized carbons (Fsp3) is 0.259. The predicted octanol–water partition coefficient (Wildman–Crippen LogP) is 2.87. The Kier molecular flexibility index (Phi) is 13.2. The van der Waals surface area contributed by atoms with Crippen LogP contribution in [0, 0.1) is 0 Å². The van der Waals surface area contributed by atoms with Gasteiger partial charge in [0.1, 0.15) is 17.6 Å². The van der Waals surface area contributed by atoms with Crippen molar-refractivity contribution in [3.8, 4) is 11.5 Å². The number of aromatic nitrogens is 2. The van der Waals surface area contributed by atoms with E-state index in [4.69, 9.17) is 9.90 Å². The molecule has 13 heteroatoms. The Bertz CT molecular complexity index is 1340. The van der Waals surface area contributed by atoms with E-state index in [1.54, 1.807) is 26.2 Å². The van der Waals surface area contributed by atoms with E-state index in [0.717, 1.165) is 30.0 Å². The van der Waals surface area contributed by atoms with Gasteiger partial charge in [0.2, 0.25) is 6.41 Å². The molecule has 211 valence electrons. The van der Waals surface area contributed by atoms with Gasteiger partial charge in [-0.05, 0) is 41.5 Å². The molecule has 0 unspecified atom stereocenters. The third kappa shape index (κ3) is 9.59. The summed E-state index contributed by atoms with van der Waals surface area (Å²) in [4.78, 5) is 30.8. The minimum Gasteiger partial charge on any atom is -0.871 e. The number of nitrogens with zero attached hydrogens (tertiary/aromatic N) is 4. The number of fused-ring (bicyclic) bond motifs is 2. The standard InChI is InChI=1S/C22H21N3O2.C3H7NO.C2HF3O2.Cr/c1-2-3-14-25(19-12-10-15-6-4-8-17(26)21(15)23-19)20-13-11-16-7-5-9-18(27)22(16)24-20;1-4(2)3-5;3-2(4,5)1(6)7;/h4-13,26-27H,2-3,14H2,1H3;3H,1-2H3;(H,6,7);/q;;;+3/p-3. The Morgan fingerprint density at radius 1 is 0.875 bits per heavy atom. The van der Waals surface area contributed by atoms with Crippen LogP contribution in [0.15, 0.2) is 60.7 Å². The first-order valence-electron chi connectivity index (χ1n) is 11.7. The summed E-state index contributed by atoms with van der Waals surface area (Å²) in [6, 6.07) is 17.9. The first kappa shape index (κ1) is 34.0. The maximum atomic E-state index is 12.2. The fourth-order valence-electron chi connectivity index (χ4n) is 3.18. The van der Waals surface area contributed by atoms with Crippen LogP contribution in [0.4, 0.5) is 24.8 Å². The summed E-state index contributed by atoms with van der Waals surface area (Å²) in [5.74, 6) is -1.88. The summed E-state index contributed by atoms with van der Waals surface area (Å²) < 4.78 is 31.5. The Labute approximate surface area is 239 Å². The van der Waals surface area contributed by atoms with E-state index in [1.165, 1.54) is 17.0 Å². The first-order chi connectivity index (χ1) is 18.4. The molecular weight excluding hydrogens is 569 g/mol. The van der Waals surface area contributed by atoms with Gasteiger partial charge in [0.25, 0.3) is 0 Å². The number of alkyl halides is 3. The van der Waals surface area contributed by atoms with Crippen LogP contribution in [0.25, 0.3) is 21.8 Å². The first-order valence-corrected chi connectivity index (χ1v) is 11.7. The number of carboxylic acids is 1. The van der Waals surface area contributed by atoms with Crippen molar-refractivity contribution in [1.29, 1.82) is 0 Å². The van der Waals surface area contributed by atoms with Crippen LogP contribution in [0.1, 0.15) is 19.8 Å². The molecule has 0 N–H and O–H groups in total. The zero-order chi connectivity index (χ0) is 29.2. The summed E-state index contributed by atoms with van der Waals surface area (Å²) in [7, 11) is 3.38. The van der Waals surface area contributed by atoms with Crippen LogP contribution in [0.5, 0.6) is 11.5 Å². The molecule has 2 aromatic carbocycles. The monoisotopic (exact) mass is 595 g/mol. The largest absolute Gasteiger partial charge is 3.00 e. The van der Waals surface area contributed by atoms with Gasteiger partial charge >= 0.3 is 23.5 Å². The molecule has 0 fully saturated rings. The van der Waals surface area contributed by atoms with Gasteiger partial charge in [-0.15, -0.1) is 0 Å². The molecule has 40 heavy (non-hydrogen) atoms. The summed E-state index contributed by atoms with van der Waals surface area (Å²) in [6.45, 7) is 2.82. The Balaban J connectivity index is 0.000000521. The van der Waals surface area contributed by atoms with Crippen molar-refractivity contribution in [2.75, 3.05) is 25.5 Å². The van der Waals surface area contributed by atoms with Crippen molar-refractivity contribution in [1.82, 2.24) is 14.9 Å². The molecule has 1 radical (unpaired) electrons. The average Bonchev–Trinajstić information content (AvgIpc) is 2.90. The van der Waals surface area contributed by atoms with Crippen LogP contribution in [-0.2, 0) is 27.0 Å². The topological polar surface area (TPSA) is 136 Å². The van der Waals surface area contributed by atoms with Crippen molar-refractivity contribution in [3.63, 3.8) is 0 Å². The van der Waals surface area contributed by atoms with Crippen LogP contribution >= 0.6 is 0 Å². The smallest absolute Gasteiger partial charge is 0.871 e. The minimum absolute atomic E-state index is 0. The maximum Gasteiger partial charge on any atom is 3.00 e. The summed E-state index contributed by atoms with van der Waals surface area (Å²) in [6.07, 6.45) is -2.49. The van der Waals surface area contributed by atoms with Crippen LogP contribution in [0.2, 0.25) is 0 Å². The van der Waals surface area contributed by atoms with E-state index < -0.39 is 12.1 Å². The number of para-hydroxylation sites is 2. The van der Waals surface area contributed by atoms with Gasteiger partial charge in [0, 0.05) is 20.6 Å². The molecule has 0 aliphatic heterocycles. The number of halogens is 3. The number of hydrogen-bond donors (Lipinski definition) is 0. The van der Waals surface area contributed by atoms with Gasteiger partial charge in [-0.25, -0.2) is 9.97 Å². The van der Waals surface area contributed by atoms with E-state index in [-0.39, 0.29) is 28.9 Å². The van der Waals surface area contributed by atoms with Crippen molar-refractivity contribution < 1.29 is 55.4 Å². The number of amides is 1. The summed E-state index contributed by atoms with van der Waals surface area (Å²) in [5.41, 5.74) is 0.892. The molecule has 2 aromatic heterocycles. The van der Waals surface area contributed by atoms with Crippen LogP contribution in [0.3, 0.4) is 0 Å². The Morgan fingerprint density at radius 2 is 1.27 bits per heavy atom. The van der Waals surface area contributed by atoms with Gasteiger partial charge in [0.05, 0.1) is 11.0 Å². The normalized spacial score (nSPS) is 10.3. The van der Waals surface area contributed by atoms with E-state index in [2.05, 4.69) is 16.9 Å². The molecule has 9 nitrogen and oxygen atoms in total. The molecule has 0 saturated carbocycles. The van der Waals surface area contributed by atoms with Gasteiger partial charge in [-0.3, -0.25) is 4.79 Å². The van der Waals surface area contributed by atoms with E-state index in [9.17, 15) is 28.2 Å². The Hall–Kier alpha value is -4.08. The second-order valence-electron chi connectivity index (χ2n) is 8.35. The second-order valence-corrected chi connectivity index (χ2v) is 8.35. The van der Waals surface area contributed by atoms with Gasteiger partial charge in [-0.2, -0.15) is 13.2 Å². The van der Waals surface area contributed by atoms with Gasteiger partial charge in [0.15, 0.2) is 0 Å². The van der Waals surface area contributed by atoms with E-state index in [0.29, 0.717) is 29.2 Å². The number of aliphatic carboxylic acids is 1. The van der Waals surface area contributed by atoms with Crippen molar-refractivity contribution in [2.45, 2.75) is 25.9 Å². The molecule has 2 heterocycles. The number of rotatable bonds is 6. The molecule has 1 amide bonds. The quantitative estimate of drug-likeness (QED) is 0.311. The second kappa shape index (κ2) is 15.5. The van der Waals surface area contributed by atoms with Gasteiger partial charge < -0.3 is 29.9 Å². The molecule has 0 bridgehead atoms. The Morgan fingerprint density at radius 3 is 1.60 bits per heavy atom. The SMILES string of the molecule is CCCCN(c1ccc2cccc([O-])c2n1)c1ccc2cccc([O-])c2n1.CN(C)C=O.O=C([O-])C(F)(F)F.[Cr+3]. The van der Waals surface area contributed by atoms with E-state index in [1.807, 2.05) is 41.3 Å². The number of pyridine rings is 2. The maximum absolute atomic E-state index is 12.2. The number of unbranched alkanes of at least 4 members (excludes halogenated alkanes) is 1. The molecular formula is C27H26CrF3N4O5. The average molecular weight is 596 g/mol. The van der Waals surface area contributed by atoms with Crippen molar-refractivity contribution >= 4 is 45.8 Å². The zero-order valence-electron chi connectivity index (χ0n) is 21.8. The molecule has 4 rings (SSSR count). The molecule has 0 spiro atoms. The third-order valence-corrected chi connectivity index (χ3v) is 5.07. The number of carboxylic acid groups (broad SMARTS) is 1. The summed E-state index contributed by atoms with van der Waals surface area (Å²) >= 11 is 0. The number of carbonyl (C=O) groups is 2. The molecule has 0 aliphatic rings. The van der Waals surface area contributed by atoms with Crippen LogP contribution in [-0.4, -0.2) is 54.1 Å². The van der Waals surface area contributed by atoms with Crippen molar-refractivity contribution in [3.05, 3.63) is 60.7 Å². The molecule has 0 saturated heterocycles. The number of carbonyl (C=O) groups excluding carboxylic acids is 2. The molecule has 4 aromatic rings. The zero-order valence-corrected chi connectivity index (χ0v) is 23.1.